The zero-order valence-electron chi connectivity index (χ0n) is 72.5. The van der Waals surface area contributed by atoms with Crippen molar-refractivity contribution in [2.24, 2.45) is 9.98 Å². The first-order valence-corrected chi connectivity index (χ1v) is 53.5. The molecule has 15 aromatic rings. The third kappa shape index (κ3) is 30.6. The fourth-order valence-electron chi connectivity index (χ4n) is 14.4. The van der Waals surface area contributed by atoms with Crippen LogP contribution >= 0.6 is 138 Å². The maximum absolute atomic E-state index is 14.0. The van der Waals surface area contributed by atoms with Gasteiger partial charge in [0.25, 0.3) is 0 Å². The lowest BCUT2D eigenvalue weighted by Crippen LogP contribution is -1.85. The highest BCUT2D eigenvalue weighted by Gasteiger charge is 2.17. The predicted molar refractivity (Wildman–Crippen MR) is 562 cm³/mol. The summed E-state index contributed by atoms with van der Waals surface area (Å²) in [6.45, 7) is 13.5. The summed E-state index contributed by atoms with van der Waals surface area (Å²) in [6, 6.07) is 56.3. The Balaban J connectivity index is 0.000000156. The largest absolute Gasteiger partial charge is 0.205 e. The summed E-state index contributed by atoms with van der Waals surface area (Å²) in [5, 5.41) is 4.17. The lowest BCUT2D eigenvalue weighted by Gasteiger charge is -2.02. The lowest BCUT2D eigenvalue weighted by molar-refractivity contribution is 0.588. The van der Waals surface area contributed by atoms with Crippen LogP contribution in [0.15, 0.2) is 174 Å². The zero-order valence-corrected chi connectivity index (χ0v) is 82.3. The molecule has 2 nitrogen and oxygen atoms in total. The molecule has 0 aliphatic carbocycles. The molecule has 0 atom stereocenters. The van der Waals surface area contributed by atoms with Crippen molar-refractivity contribution in [3.8, 4) is 46.0 Å². The highest BCUT2D eigenvalue weighted by Crippen LogP contribution is 2.42. The number of nitrogens with zero attached hydrogens (tertiary/aromatic N) is 2. The summed E-state index contributed by atoms with van der Waals surface area (Å²) < 4.78 is 55.0. The number of benzene rings is 5. The Morgan fingerprint density at radius 2 is 0.608 bits per heavy atom. The van der Waals surface area contributed by atoms with Crippen LogP contribution in [0.1, 0.15) is 278 Å². The third-order valence-corrected chi connectivity index (χ3v) is 32.9. The van der Waals surface area contributed by atoms with Gasteiger partial charge in [-0.3, -0.25) is 0 Å². The van der Waals surface area contributed by atoms with Crippen LogP contribution in [0.4, 0.5) is 24.5 Å². The van der Waals surface area contributed by atoms with Gasteiger partial charge in [0.2, 0.25) is 0 Å². The van der Waals surface area contributed by atoms with Crippen LogP contribution in [0.5, 0.6) is 0 Å². The van der Waals surface area contributed by atoms with Crippen LogP contribution in [0, 0.1) is 53.0 Å². The van der Waals surface area contributed by atoms with E-state index in [1.54, 1.807) is 46.1 Å². The quantitative estimate of drug-likeness (QED) is 0.0168. The van der Waals surface area contributed by atoms with E-state index in [9.17, 15) is 13.2 Å². The Morgan fingerprint density at radius 1 is 0.280 bits per heavy atom. The summed E-state index contributed by atoms with van der Waals surface area (Å²) in [6.07, 6.45) is 47.6. The molecule has 0 bridgehead atoms. The smallest absolute Gasteiger partial charge is 0.153 e. The summed E-state index contributed by atoms with van der Waals surface area (Å²) in [5.74, 6) is 17.7. The second kappa shape index (κ2) is 51.8. The van der Waals surface area contributed by atoms with Crippen molar-refractivity contribution in [2.75, 3.05) is 0 Å². The molecule has 5 aromatic carbocycles. The first-order chi connectivity index (χ1) is 61.2. The summed E-state index contributed by atoms with van der Waals surface area (Å²) >= 11 is 27.1. The van der Waals surface area contributed by atoms with Gasteiger partial charge in [-0.2, -0.15) is 9.98 Å². The Hall–Kier alpha value is -8.05. The number of hydrogen-bond donors (Lipinski definition) is 0. The molecule has 0 N–H and O–H groups in total. The van der Waals surface area contributed by atoms with Gasteiger partial charge in [-0.05, 0) is 257 Å². The van der Waals surface area contributed by atoms with Gasteiger partial charge in [0.05, 0.1) is 25.0 Å². The van der Waals surface area contributed by atoms with E-state index in [0.29, 0.717) is 11.1 Å². The topological polar surface area (TPSA) is 24.7 Å². The second-order valence-electron chi connectivity index (χ2n) is 31.4. The van der Waals surface area contributed by atoms with Gasteiger partial charge in [0.1, 0.15) is 11.4 Å². The third-order valence-electron chi connectivity index (χ3n) is 21.3. The second-order valence-corrected chi connectivity index (χ2v) is 43.0. The predicted octanol–water partition coefficient (Wildman–Crippen LogP) is 38.0. The number of fused-ring (bicyclic) bond motifs is 5. The molecule has 10 aromatic heterocycles. The van der Waals surface area contributed by atoms with E-state index in [1.165, 1.54) is 296 Å². The maximum Gasteiger partial charge on any atom is 0.153 e. The lowest BCUT2D eigenvalue weighted by atomic mass is 10.1. The molecular formula is C108H109F3N2S12. The van der Waals surface area contributed by atoms with E-state index >= 15 is 0 Å². The van der Waals surface area contributed by atoms with E-state index in [-0.39, 0.29) is 11.4 Å². The number of thiocarbonyl (C=S) groups is 2. The molecule has 0 aliphatic rings. The van der Waals surface area contributed by atoms with Crippen LogP contribution in [0.25, 0.3) is 81.7 Å². The molecule has 10 heterocycles. The molecule has 17 heteroatoms. The standard InChI is InChI=1S/C38H42S4.C32H36S2.C20H16FNS3.C18H15F2NS3/c1-3-5-7-9-11-13-15-31-25-35-37(39-31)27-33(41-35)23-21-29-17-19-30(20-18-29)22-24-34-28-38-36(42-34)26-32(40-38)16-14-12-10-8-6-4-2;1-3-5-7-9-25-11-15-27(16-12-25)19-21-29-23-31-32(33-29)24-30(34-31)22-20-28-17-13-26(14-18-28)10-8-6-4-2;1-2-3-4-5-15-11-19-20(24-15)12-16(25-19)8-6-14-7-9-18(22-13-23)17(21)10-14;1-2-3-4-5-12-8-16-17(23-12)9-15(24-16)11-6-13(19)18(21-10-22)14(20)7-11/h17-20,25-28H,3-16H2,1-2H3;11-24H,3-10H2,1-2H3;7,9-12H,2-5H2,1H3;6-9H,2-5H2,1H3/b;21-19+,22-20+;;. The summed E-state index contributed by atoms with van der Waals surface area (Å²) in [7, 11) is 0. The van der Waals surface area contributed by atoms with Crippen LogP contribution in [-0.2, 0) is 38.5 Å². The highest BCUT2D eigenvalue weighted by atomic mass is 32.1. The number of hydrogen-bond acceptors (Lipinski definition) is 14. The molecule has 0 saturated heterocycles. The minimum Gasteiger partial charge on any atom is -0.205 e. The van der Waals surface area contributed by atoms with Gasteiger partial charge in [-0.25, -0.2) is 13.2 Å². The molecule has 125 heavy (non-hydrogen) atoms. The summed E-state index contributed by atoms with van der Waals surface area (Å²) in [4.78, 5) is 19.8. The van der Waals surface area contributed by atoms with Gasteiger partial charge in [-0.1, -0.05) is 253 Å². The van der Waals surface area contributed by atoms with Gasteiger partial charge in [0.15, 0.2) is 17.5 Å². The van der Waals surface area contributed by atoms with E-state index in [0.717, 1.165) is 43.5 Å². The fourth-order valence-corrected chi connectivity index (χ4v) is 26.2. The monoisotopic (exact) mass is 1870 g/mol. The normalized spacial score (nSPS) is 11.1. The van der Waals surface area contributed by atoms with Gasteiger partial charge < -0.3 is 0 Å². The average molecular weight is 1880 g/mol. The number of rotatable bonds is 37. The Morgan fingerprint density at radius 3 is 0.984 bits per heavy atom. The molecule has 0 radical (unpaired) electrons. The van der Waals surface area contributed by atoms with Crippen LogP contribution in [0.3, 0.4) is 0 Å². The zero-order chi connectivity index (χ0) is 87.3. The SMILES string of the molecule is CCCCCCCCc1cc2sc(C#Cc3ccc(C#Cc4cc5sc(CCCCCCCC)cc5s4)cc3)cc2s1.CCCCCc1cc2sc(-c3cc(F)c(N=C=S)c(F)c3)cc2s1.CCCCCc1cc2sc(C#Cc3ccc(N=C=S)c(F)c3)cc2s1.CCCCCc1ccc(/C=C/c2cc3sc(/C=C/c4ccc(CCCCC)cc4)cc3s2)cc1. The Kier molecular flexibility index (Phi) is 39.8. The number of thiophene rings is 10. The first-order valence-electron chi connectivity index (χ1n) is 44.5. The minimum absolute atomic E-state index is 0.188. The van der Waals surface area contributed by atoms with Gasteiger partial charge >= 0.3 is 0 Å². The number of halogens is 3. The molecule has 15 rings (SSSR count). The van der Waals surface area contributed by atoms with Crippen LogP contribution in [0.2, 0.25) is 0 Å². The molecule has 0 fully saturated rings. The number of aliphatic imine (C=N–C) groups is 2. The van der Waals surface area contributed by atoms with E-state index in [4.69, 9.17) is 0 Å². The summed E-state index contributed by atoms with van der Waals surface area (Å²) in [5.41, 5.74) is 8.47. The maximum atomic E-state index is 14.0. The number of unbranched alkanes of at least 4 members (excludes halogenated alkanes) is 18. The molecule has 0 amide bonds. The van der Waals surface area contributed by atoms with E-state index < -0.39 is 17.5 Å². The minimum atomic E-state index is -0.723. The van der Waals surface area contributed by atoms with Crippen molar-refractivity contribution in [3.05, 3.63) is 264 Å². The molecule has 0 saturated carbocycles. The van der Waals surface area contributed by atoms with E-state index in [2.05, 4.69) is 268 Å². The van der Waals surface area contributed by atoms with Crippen molar-refractivity contribution in [1.82, 2.24) is 0 Å². The van der Waals surface area contributed by atoms with Crippen molar-refractivity contribution in [2.45, 2.75) is 234 Å². The van der Waals surface area contributed by atoms with Crippen molar-refractivity contribution >= 4 is 231 Å². The van der Waals surface area contributed by atoms with E-state index in [1.807, 2.05) is 90.6 Å². The first kappa shape index (κ1) is 96.0. The Labute approximate surface area is 790 Å². The molecule has 0 spiro atoms. The molecule has 644 valence electrons. The highest BCUT2D eigenvalue weighted by molar-refractivity contribution is 7.78. The fraction of sp³-hybridized carbons (Fsp3) is 0.333. The molecule has 0 aliphatic heterocycles. The van der Waals surface area contributed by atoms with Crippen molar-refractivity contribution in [3.63, 3.8) is 0 Å². The number of isothiocyanates is 2. The van der Waals surface area contributed by atoms with Crippen LogP contribution in [-0.4, -0.2) is 10.3 Å². The van der Waals surface area contributed by atoms with Crippen molar-refractivity contribution in [1.29, 1.82) is 0 Å². The number of aryl methyl sites for hydroxylation is 6. The average Bonchev–Trinajstić information content (AvgIpc) is 1.63. The molecular weight excluding hydrogens is 1770 g/mol. The van der Waals surface area contributed by atoms with Gasteiger partial charge in [0, 0.05) is 97.8 Å². The Bertz CT molecular complexity index is 5900. The van der Waals surface area contributed by atoms with Crippen molar-refractivity contribution < 1.29 is 13.2 Å². The van der Waals surface area contributed by atoms with Gasteiger partial charge in [-0.15, -0.1) is 113 Å². The molecule has 0 unspecified atom stereocenters. The van der Waals surface area contributed by atoms with Crippen LogP contribution < -0.4 is 0 Å².